The van der Waals surface area contributed by atoms with E-state index < -0.39 is 35.1 Å². The minimum Gasteiger partial charge on any atom is -0.367 e. The van der Waals surface area contributed by atoms with Crippen LogP contribution in [0.3, 0.4) is 0 Å². The molecule has 4 rings (SSSR count). The SMILES string of the molecule is CC(OCC1(c2ccccc2)CCC2(CCC(=O)N2)C[NH2+]1)c1cc(C(F)(F)F)cc(C(F)(F)F)c1. The number of piperidine rings is 1. The van der Waals surface area contributed by atoms with E-state index >= 15 is 0 Å². The number of carbonyl (C=O) groups excluding carboxylic acids is 1. The van der Waals surface area contributed by atoms with E-state index in [0.717, 1.165) is 12.0 Å². The van der Waals surface area contributed by atoms with Crippen LogP contribution in [-0.2, 0) is 27.4 Å². The van der Waals surface area contributed by atoms with Crippen LogP contribution in [0.25, 0.3) is 0 Å². The molecule has 0 radical (unpaired) electrons. The molecule has 35 heavy (non-hydrogen) atoms. The number of hydrogen-bond donors (Lipinski definition) is 2. The number of halogens is 6. The maximum absolute atomic E-state index is 13.3. The highest BCUT2D eigenvalue weighted by atomic mass is 19.4. The molecule has 4 nitrogen and oxygen atoms in total. The molecule has 3 atom stereocenters. The molecule has 1 spiro atoms. The van der Waals surface area contributed by atoms with Crippen LogP contribution in [0.15, 0.2) is 48.5 Å². The number of hydrogen-bond acceptors (Lipinski definition) is 2. The Morgan fingerprint density at radius 2 is 1.60 bits per heavy atom. The number of benzene rings is 2. The van der Waals surface area contributed by atoms with E-state index in [1.807, 2.05) is 30.3 Å². The first-order chi connectivity index (χ1) is 16.3. The van der Waals surface area contributed by atoms with Crippen molar-refractivity contribution in [1.82, 2.24) is 5.32 Å². The third kappa shape index (κ3) is 5.48. The van der Waals surface area contributed by atoms with E-state index in [0.29, 0.717) is 37.9 Å². The molecule has 2 heterocycles. The second-order valence-electron chi connectivity index (χ2n) is 9.55. The first-order valence-corrected chi connectivity index (χ1v) is 11.4. The van der Waals surface area contributed by atoms with Crippen molar-refractivity contribution in [2.45, 2.75) is 62.1 Å². The summed E-state index contributed by atoms with van der Waals surface area (Å²) in [7, 11) is 0. The summed E-state index contributed by atoms with van der Waals surface area (Å²) in [5.41, 5.74) is -2.85. The van der Waals surface area contributed by atoms with Gasteiger partial charge in [-0.05, 0) is 43.5 Å². The molecule has 2 aliphatic rings. The third-order valence-electron chi connectivity index (χ3n) is 7.19. The van der Waals surface area contributed by atoms with Crippen molar-refractivity contribution in [3.63, 3.8) is 0 Å². The summed E-state index contributed by atoms with van der Waals surface area (Å²) < 4.78 is 85.7. The first-order valence-electron chi connectivity index (χ1n) is 11.4. The molecule has 3 unspecified atom stereocenters. The van der Waals surface area contributed by atoms with Gasteiger partial charge in [-0.3, -0.25) is 4.79 Å². The fourth-order valence-corrected chi connectivity index (χ4v) is 5.00. The number of nitrogens with one attached hydrogen (secondary N) is 1. The van der Waals surface area contributed by atoms with Crippen LogP contribution in [0.1, 0.15) is 61.0 Å². The van der Waals surface area contributed by atoms with Crippen LogP contribution in [0, 0.1) is 0 Å². The predicted octanol–water partition coefficient (Wildman–Crippen LogP) is 4.70. The topological polar surface area (TPSA) is 54.9 Å². The minimum atomic E-state index is -4.92. The Morgan fingerprint density at radius 1 is 0.971 bits per heavy atom. The molecule has 0 saturated carbocycles. The summed E-state index contributed by atoms with van der Waals surface area (Å²) in [5.74, 6) is 0.0144. The highest BCUT2D eigenvalue weighted by molar-refractivity contribution is 5.79. The molecule has 10 heteroatoms. The zero-order valence-electron chi connectivity index (χ0n) is 19.1. The summed E-state index contributed by atoms with van der Waals surface area (Å²) in [6.07, 6.45) is -8.32. The number of rotatable bonds is 5. The summed E-state index contributed by atoms with van der Waals surface area (Å²) >= 11 is 0. The number of alkyl halides is 6. The van der Waals surface area contributed by atoms with Gasteiger partial charge in [0.15, 0.2) is 0 Å². The number of ether oxygens (including phenoxy) is 1. The molecular formula is C25H27F6N2O2+. The number of carbonyl (C=O) groups is 1. The Labute approximate surface area is 199 Å². The lowest BCUT2D eigenvalue weighted by Crippen LogP contribution is -3.01. The summed E-state index contributed by atoms with van der Waals surface area (Å²) in [6.45, 7) is 2.14. The minimum absolute atomic E-state index is 0.0144. The molecule has 2 saturated heterocycles. The summed E-state index contributed by atoms with van der Waals surface area (Å²) in [4.78, 5) is 11.8. The van der Waals surface area contributed by atoms with Gasteiger partial charge in [-0.2, -0.15) is 26.3 Å². The largest absolute Gasteiger partial charge is 0.416 e. The molecule has 2 fully saturated rings. The number of amides is 1. The Hall–Kier alpha value is -2.59. The molecule has 0 aromatic heterocycles. The Balaban J connectivity index is 1.58. The van der Waals surface area contributed by atoms with Crippen molar-refractivity contribution < 1.29 is 41.2 Å². The second-order valence-corrected chi connectivity index (χ2v) is 9.55. The van der Waals surface area contributed by atoms with Gasteiger partial charge in [0.05, 0.1) is 29.3 Å². The zero-order valence-corrected chi connectivity index (χ0v) is 19.1. The lowest BCUT2D eigenvalue weighted by atomic mass is 9.76. The van der Waals surface area contributed by atoms with E-state index in [9.17, 15) is 31.1 Å². The highest BCUT2D eigenvalue weighted by Crippen LogP contribution is 2.39. The van der Waals surface area contributed by atoms with Crippen LogP contribution < -0.4 is 10.6 Å². The predicted molar refractivity (Wildman–Crippen MR) is 115 cm³/mol. The summed E-state index contributed by atoms with van der Waals surface area (Å²) in [5, 5.41) is 5.15. The van der Waals surface area contributed by atoms with E-state index in [-0.39, 0.29) is 29.7 Å². The molecule has 0 bridgehead atoms. The van der Waals surface area contributed by atoms with E-state index in [1.54, 1.807) is 0 Å². The molecule has 3 N–H and O–H groups in total. The van der Waals surface area contributed by atoms with Crippen molar-refractivity contribution in [1.29, 1.82) is 0 Å². The van der Waals surface area contributed by atoms with E-state index in [2.05, 4.69) is 10.6 Å². The number of quaternary nitrogens is 1. The molecule has 0 aliphatic carbocycles. The average molecular weight is 501 g/mol. The van der Waals surface area contributed by atoms with Gasteiger partial charge >= 0.3 is 12.4 Å². The highest BCUT2D eigenvalue weighted by Gasteiger charge is 2.50. The molecule has 190 valence electrons. The molecule has 2 aromatic carbocycles. The van der Waals surface area contributed by atoms with Gasteiger partial charge in [0.1, 0.15) is 12.1 Å². The van der Waals surface area contributed by atoms with Crippen LogP contribution in [-0.4, -0.2) is 24.6 Å². The Kier molecular flexibility index (Phi) is 6.65. The lowest BCUT2D eigenvalue weighted by Gasteiger charge is -2.43. The fourth-order valence-electron chi connectivity index (χ4n) is 5.00. The van der Waals surface area contributed by atoms with Gasteiger partial charge in [0, 0.05) is 18.4 Å². The zero-order chi connectivity index (χ0) is 25.5. The Morgan fingerprint density at radius 3 is 2.09 bits per heavy atom. The first kappa shape index (κ1) is 25.5. The third-order valence-corrected chi connectivity index (χ3v) is 7.19. The van der Waals surface area contributed by atoms with Gasteiger partial charge in [-0.1, -0.05) is 30.3 Å². The fraction of sp³-hybridized carbons (Fsp3) is 0.480. The van der Waals surface area contributed by atoms with Gasteiger partial charge in [-0.25, -0.2) is 0 Å². The normalized spacial score (nSPS) is 26.1. The monoisotopic (exact) mass is 501 g/mol. The van der Waals surface area contributed by atoms with E-state index in [1.165, 1.54) is 6.92 Å². The average Bonchev–Trinajstić information content (AvgIpc) is 3.18. The van der Waals surface area contributed by atoms with Gasteiger partial charge in [0.25, 0.3) is 0 Å². The molecule has 1 amide bonds. The Bertz CT molecular complexity index is 1030. The maximum Gasteiger partial charge on any atom is 0.416 e. The van der Waals surface area contributed by atoms with Crippen LogP contribution in [0.5, 0.6) is 0 Å². The van der Waals surface area contributed by atoms with Gasteiger partial charge < -0.3 is 15.4 Å². The molecule has 2 aliphatic heterocycles. The number of nitrogens with two attached hydrogens (primary N) is 1. The smallest absolute Gasteiger partial charge is 0.367 e. The maximum atomic E-state index is 13.3. The quantitative estimate of drug-likeness (QED) is 0.584. The van der Waals surface area contributed by atoms with Crippen molar-refractivity contribution in [3.8, 4) is 0 Å². The van der Waals surface area contributed by atoms with Gasteiger partial charge in [-0.15, -0.1) is 0 Å². The second kappa shape index (κ2) is 9.13. The van der Waals surface area contributed by atoms with Crippen LogP contribution in [0.4, 0.5) is 26.3 Å². The molecular weight excluding hydrogens is 474 g/mol. The van der Waals surface area contributed by atoms with Crippen molar-refractivity contribution >= 4 is 5.91 Å². The van der Waals surface area contributed by atoms with Gasteiger partial charge in [0.2, 0.25) is 5.91 Å². The lowest BCUT2D eigenvalue weighted by molar-refractivity contribution is -0.754. The molecule has 2 aromatic rings. The van der Waals surface area contributed by atoms with Crippen molar-refractivity contribution in [3.05, 3.63) is 70.8 Å². The van der Waals surface area contributed by atoms with Crippen LogP contribution >= 0.6 is 0 Å². The van der Waals surface area contributed by atoms with Crippen LogP contribution in [0.2, 0.25) is 0 Å². The van der Waals surface area contributed by atoms with E-state index in [4.69, 9.17) is 4.74 Å². The van der Waals surface area contributed by atoms with Crippen molar-refractivity contribution in [2.75, 3.05) is 13.2 Å². The van der Waals surface area contributed by atoms with Crippen molar-refractivity contribution in [2.24, 2.45) is 0 Å². The summed E-state index contributed by atoms with van der Waals surface area (Å²) in [6, 6.07) is 11.0. The standard InChI is InChI=1S/C25H26F6N2O2/c1-16(17-11-19(24(26,27)28)13-20(12-17)25(29,30)31)35-15-23(18-5-3-2-4-6-18)10-9-22(14-32-23)8-7-21(34)33-22/h2-6,11-13,16,32H,7-10,14-15H2,1H3,(H,33,34)/p+1.